The molecule has 2 unspecified atom stereocenters. The molecule has 1 aromatic rings. The highest BCUT2D eigenvalue weighted by Crippen LogP contribution is 2.68. The molecule has 5 aliphatic rings. The van der Waals surface area contributed by atoms with Crippen LogP contribution in [-0.2, 0) is 20.9 Å². The van der Waals surface area contributed by atoms with Gasteiger partial charge in [0, 0.05) is 17.6 Å². The van der Waals surface area contributed by atoms with E-state index >= 15 is 0 Å². The number of nitrogens with zero attached hydrogens (tertiary/aromatic N) is 1. The molecule has 5 fully saturated rings. The van der Waals surface area contributed by atoms with Crippen molar-refractivity contribution in [1.29, 1.82) is 0 Å². The summed E-state index contributed by atoms with van der Waals surface area (Å²) in [6.07, 6.45) is 5.68. The van der Waals surface area contributed by atoms with Gasteiger partial charge in [0.1, 0.15) is 6.61 Å². The van der Waals surface area contributed by atoms with Gasteiger partial charge in [0.2, 0.25) is 11.8 Å². The minimum Gasteiger partial charge on any atom is -0.445 e. The summed E-state index contributed by atoms with van der Waals surface area (Å²) in [7, 11) is 0. The molecule has 8 heteroatoms. The van der Waals surface area contributed by atoms with Crippen LogP contribution in [0.25, 0.3) is 0 Å². The summed E-state index contributed by atoms with van der Waals surface area (Å²) in [6, 6.07) is 9.35. The molecule has 1 heterocycles. The average Bonchev–Trinajstić information content (AvgIpc) is 3.40. The predicted molar refractivity (Wildman–Crippen MR) is 124 cm³/mol. The molecule has 3 N–H and O–H groups in total. The van der Waals surface area contributed by atoms with Gasteiger partial charge in [-0.1, -0.05) is 36.8 Å². The third kappa shape index (κ3) is 4.06. The van der Waals surface area contributed by atoms with Crippen LogP contribution in [0.5, 0.6) is 0 Å². The second-order valence-corrected chi connectivity index (χ2v) is 10.9. The van der Waals surface area contributed by atoms with E-state index in [1.54, 1.807) is 0 Å². The standard InChI is InChI=1S/C26H35N3O5/c1-17-10-11-19(12-30)29(17)23(32)25-14-26(15-25,16-25)28-22(31)20-8-5-9-21(20)27-24(33)34-13-18-6-3-2-4-7-18/h2-4,6-7,17,19-21,30H,5,8-16H2,1H3,(H,27,33)(H,28,31)/t17-,19+,20?,21?,25?,26?/m1/s1. The molecule has 4 aliphatic carbocycles. The van der Waals surface area contributed by atoms with Gasteiger partial charge in [-0.3, -0.25) is 9.59 Å². The number of rotatable bonds is 7. The number of amides is 3. The van der Waals surface area contributed by atoms with E-state index in [4.69, 9.17) is 4.74 Å². The number of likely N-dealkylation sites (tertiary alicyclic amines) is 1. The molecule has 0 aromatic heterocycles. The lowest BCUT2D eigenvalue weighted by Crippen LogP contribution is -2.79. The first-order valence-corrected chi connectivity index (χ1v) is 12.6. The average molecular weight is 470 g/mol. The molecule has 0 spiro atoms. The Bertz CT molecular complexity index is 931. The van der Waals surface area contributed by atoms with Gasteiger partial charge in [0.05, 0.1) is 24.0 Å². The maximum atomic E-state index is 13.2. The fraction of sp³-hybridized carbons (Fsp3) is 0.654. The molecule has 4 atom stereocenters. The van der Waals surface area contributed by atoms with Crippen molar-refractivity contribution in [2.45, 2.75) is 88.6 Å². The second-order valence-electron chi connectivity index (χ2n) is 10.9. The lowest BCUT2D eigenvalue weighted by atomic mass is 9.38. The quantitative estimate of drug-likeness (QED) is 0.569. The number of ether oxygens (including phenoxy) is 1. The van der Waals surface area contributed by atoms with Gasteiger partial charge >= 0.3 is 6.09 Å². The largest absolute Gasteiger partial charge is 0.445 e. The van der Waals surface area contributed by atoms with Crippen molar-refractivity contribution in [3.8, 4) is 0 Å². The molecule has 1 aliphatic heterocycles. The molecule has 184 valence electrons. The SMILES string of the molecule is C[C@@H]1CC[C@@H](CO)N1C(=O)C12CC(NC(=O)C3CCCC3NC(=O)OCc3ccccc3)(C1)C2. The van der Waals surface area contributed by atoms with Gasteiger partial charge in [-0.05, 0) is 57.4 Å². The van der Waals surface area contributed by atoms with Crippen LogP contribution in [0, 0.1) is 11.3 Å². The smallest absolute Gasteiger partial charge is 0.407 e. The molecule has 1 aromatic carbocycles. The zero-order chi connectivity index (χ0) is 23.9. The van der Waals surface area contributed by atoms with Crippen molar-refractivity contribution in [3.05, 3.63) is 35.9 Å². The first-order chi connectivity index (χ1) is 16.3. The Morgan fingerprint density at radius 2 is 1.82 bits per heavy atom. The van der Waals surface area contributed by atoms with Crippen LogP contribution in [0.1, 0.15) is 63.9 Å². The van der Waals surface area contributed by atoms with Crippen molar-refractivity contribution >= 4 is 17.9 Å². The molecule has 0 radical (unpaired) electrons. The van der Waals surface area contributed by atoms with Crippen LogP contribution >= 0.6 is 0 Å². The first-order valence-electron chi connectivity index (χ1n) is 12.6. The van der Waals surface area contributed by atoms with E-state index in [1.165, 1.54) is 0 Å². The Morgan fingerprint density at radius 1 is 1.09 bits per heavy atom. The summed E-state index contributed by atoms with van der Waals surface area (Å²) in [6.45, 7) is 2.26. The molecular weight excluding hydrogens is 434 g/mol. The van der Waals surface area contributed by atoms with Gasteiger partial charge in [-0.25, -0.2) is 4.79 Å². The minimum absolute atomic E-state index is 0.0118. The summed E-state index contributed by atoms with van der Waals surface area (Å²) in [5, 5.41) is 15.8. The van der Waals surface area contributed by atoms with Crippen molar-refractivity contribution in [2.24, 2.45) is 11.3 Å². The Kier molecular flexibility index (Phi) is 6.04. The van der Waals surface area contributed by atoms with E-state index in [9.17, 15) is 19.5 Å². The van der Waals surface area contributed by atoms with E-state index in [2.05, 4.69) is 17.6 Å². The summed E-state index contributed by atoms with van der Waals surface area (Å²) >= 11 is 0. The van der Waals surface area contributed by atoms with Gasteiger partial charge in [0.25, 0.3) is 0 Å². The van der Waals surface area contributed by atoms with E-state index in [0.29, 0.717) is 19.3 Å². The van der Waals surface area contributed by atoms with Gasteiger partial charge in [-0.15, -0.1) is 0 Å². The monoisotopic (exact) mass is 469 g/mol. The molecule has 3 amide bonds. The Labute approximate surface area is 200 Å². The van der Waals surface area contributed by atoms with Crippen LogP contribution in [0.2, 0.25) is 0 Å². The number of aliphatic hydroxyl groups is 1. The van der Waals surface area contributed by atoms with Crippen LogP contribution in [-0.4, -0.2) is 58.2 Å². The number of alkyl carbamates (subject to hydrolysis) is 1. The van der Waals surface area contributed by atoms with Crippen molar-refractivity contribution < 1.29 is 24.2 Å². The van der Waals surface area contributed by atoms with Gasteiger partial charge in [-0.2, -0.15) is 0 Å². The zero-order valence-electron chi connectivity index (χ0n) is 19.8. The molecule has 34 heavy (non-hydrogen) atoms. The molecule has 6 rings (SSSR count). The fourth-order valence-electron chi connectivity index (χ4n) is 6.75. The molecule has 2 bridgehead atoms. The fourth-order valence-corrected chi connectivity index (χ4v) is 6.75. The zero-order valence-corrected chi connectivity index (χ0v) is 19.8. The number of benzene rings is 1. The Morgan fingerprint density at radius 3 is 2.53 bits per heavy atom. The maximum Gasteiger partial charge on any atom is 0.407 e. The third-order valence-corrected chi connectivity index (χ3v) is 8.47. The summed E-state index contributed by atoms with van der Waals surface area (Å²) in [4.78, 5) is 40.5. The van der Waals surface area contributed by atoms with Gasteiger partial charge in [0.15, 0.2) is 0 Å². The summed E-state index contributed by atoms with van der Waals surface area (Å²) in [5.74, 6) is -0.161. The van der Waals surface area contributed by atoms with Crippen LogP contribution < -0.4 is 10.6 Å². The van der Waals surface area contributed by atoms with Gasteiger partial charge < -0.3 is 25.4 Å². The number of carbonyl (C=O) groups is 3. The first kappa shape index (κ1) is 23.1. The molecule has 4 saturated carbocycles. The third-order valence-electron chi connectivity index (χ3n) is 8.47. The van der Waals surface area contributed by atoms with Crippen molar-refractivity contribution in [3.63, 3.8) is 0 Å². The summed E-state index contributed by atoms with van der Waals surface area (Å²) in [5.41, 5.74) is 0.262. The van der Waals surface area contributed by atoms with E-state index in [1.807, 2.05) is 35.2 Å². The van der Waals surface area contributed by atoms with E-state index in [-0.39, 0.29) is 60.0 Å². The number of hydrogen-bond donors (Lipinski definition) is 3. The Balaban J connectivity index is 1.11. The highest BCUT2D eigenvalue weighted by Gasteiger charge is 2.73. The maximum absolute atomic E-state index is 13.2. The Hall–Kier alpha value is -2.61. The number of aliphatic hydroxyl groups excluding tert-OH is 1. The number of carbonyl (C=O) groups excluding carboxylic acids is 3. The van der Waals surface area contributed by atoms with Crippen LogP contribution in [0.3, 0.4) is 0 Å². The predicted octanol–water partition coefficient (Wildman–Crippen LogP) is 2.49. The highest BCUT2D eigenvalue weighted by atomic mass is 16.5. The van der Waals surface area contributed by atoms with Crippen LogP contribution in [0.15, 0.2) is 30.3 Å². The van der Waals surface area contributed by atoms with Crippen LogP contribution in [0.4, 0.5) is 4.79 Å². The normalized spacial score (nSPS) is 35.8. The minimum atomic E-state index is -0.498. The topological polar surface area (TPSA) is 108 Å². The molecule has 8 nitrogen and oxygen atoms in total. The lowest BCUT2D eigenvalue weighted by Gasteiger charge is -2.70. The number of hydrogen-bond acceptors (Lipinski definition) is 5. The van der Waals surface area contributed by atoms with Crippen molar-refractivity contribution in [2.75, 3.05) is 6.61 Å². The van der Waals surface area contributed by atoms with E-state index in [0.717, 1.165) is 37.7 Å². The van der Waals surface area contributed by atoms with E-state index < -0.39 is 6.09 Å². The molecular formula is C26H35N3O5. The second kappa shape index (κ2) is 8.87. The van der Waals surface area contributed by atoms with Crippen molar-refractivity contribution in [1.82, 2.24) is 15.5 Å². The summed E-state index contributed by atoms with van der Waals surface area (Å²) < 4.78 is 5.33. The lowest BCUT2D eigenvalue weighted by molar-refractivity contribution is -0.196. The number of nitrogens with one attached hydrogen (secondary N) is 2. The highest BCUT2D eigenvalue weighted by molar-refractivity contribution is 5.90. The molecule has 1 saturated heterocycles.